The Morgan fingerprint density at radius 1 is 1.44 bits per heavy atom. The molecule has 5 heteroatoms. The highest BCUT2D eigenvalue weighted by Crippen LogP contribution is 2.21. The van der Waals surface area contributed by atoms with E-state index in [4.69, 9.17) is 10.8 Å². The number of carboxylic acids is 1. The second kappa shape index (κ2) is 7.28. The van der Waals surface area contributed by atoms with Crippen molar-refractivity contribution in [3.63, 3.8) is 0 Å². The Bertz CT molecular complexity index is 381. The van der Waals surface area contributed by atoms with Crippen molar-refractivity contribution in [1.82, 2.24) is 0 Å². The first-order valence-corrected chi connectivity index (χ1v) is 6.93. The number of likely N-dealkylation sites (N-methyl/N-ethyl adjacent to an activating group) is 1. The summed E-state index contributed by atoms with van der Waals surface area (Å²) >= 11 is 1.80. The van der Waals surface area contributed by atoms with Gasteiger partial charge < -0.3 is 15.7 Å². The third-order valence-corrected chi connectivity index (χ3v) is 3.43. The second-order valence-electron chi connectivity index (χ2n) is 4.17. The molecule has 0 aliphatic carbocycles. The molecule has 1 atom stereocenters. The van der Waals surface area contributed by atoms with E-state index in [-0.39, 0.29) is 12.5 Å². The minimum absolute atomic E-state index is 0.00584. The average Bonchev–Trinajstić information content (AvgIpc) is 2.29. The van der Waals surface area contributed by atoms with Gasteiger partial charge >= 0.3 is 5.97 Å². The summed E-state index contributed by atoms with van der Waals surface area (Å²) < 4.78 is 0. The fraction of sp³-hybridized carbons (Fsp3) is 0.462. The van der Waals surface area contributed by atoms with Crippen LogP contribution in [0.15, 0.2) is 29.2 Å². The summed E-state index contributed by atoms with van der Waals surface area (Å²) in [6.07, 6.45) is -0.00584. The van der Waals surface area contributed by atoms with Crippen LogP contribution in [0, 0.1) is 0 Å². The van der Waals surface area contributed by atoms with Crippen molar-refractivity contribution in [3.05, 3.63) is 24.3 Å². The molecule has 4 nitrogen and oxygen atoms in total. The third kappa shape index (κ3) is 4.98. The molecule has 0 amide bonds. The highest BCUT2D eigenvalue weighted by molar-refractivity contribution is 7.99. The van der Waals surface area contributed by atoms with Crippen molar-refractivity contribution in [2.75, 3.05) is 24.2 Å². The minimum Gasteiger partial charge on any atom is -0.481 e. The lowest BCUT2D eigenvalue weighted by molar-refractivity contribution is -0.137. The van der Waals surface area contributed by atoms with Crippen molar-refractivity contribution >= 4 is 23.4 Å². The molecule has 0 spiro atoms. The van der Waals surface area contributed by atoms with E-state index in [2.05, 4.69) is 19.1 Å². The molecule has 1 aromatic carbocycles. The highest BCUT2D eigenvalue weighted by Gasteiger charge is 2.11. The van der Waals surface area contributed by atoms with Gasteiger partial charge in [-0.15, -0.1) is 11.8 Å². The smallest absolute Gasteiger partial charge is 0.304 e. The molecule has 0 saturated carbocycles. The van der Waals surface area contributed by atoms with Gasteiger partial charge in [-0.2, -0.15) is 0 Å². The topological polar surface area (TPSA) is 66.6 Å². The van der Waals surface area contributed by atoms with E-state index in [1.807, 2.05) is 24.1 Å². The number of hydrogen-bond acceptors (Lipinski definition) is 4. The number of carboxylic acid groups (broad SMARTS) is 1. The molecule has 0 heterocycles. The van der Waals surface area contributed by atoms with Crippen LogP contribution >= 0.6 is 11.8 Å². The van der Waals surface area contributed by atoms with Crippen LogP contribution in [0.1, 0.15) is 13.3 Å². The van der Waals surface area contributed by atoms with Gasteiger partial charge in [0.05, 0.1) is 6.42 Å². The van der Waals surface area contributed by atoms with Gasteiger partial charge in [0.1, 0.15) is 0 Å². The molecule has 1 unspecified atom stereocenters. The molecule has 0 bridgehead atoms. The number of anilines is 1. The lowest BCUT2D eigenvalue weighted by Gasteiger charge is -2.22. The number of benzene rings is 1. The standard InChI is InChI=1S/C13H20N2O2S/c1-3-18-12-6-4-11(5-7-12)15(2)9-10(14)8-13(16)17/h4-7,10H,3,8-9,14H2,1-2H3,(H,16,17). The van der Waals surface area contributed by atoms with Gasteiger partial charge in [0.15, 0.2) is 0 Å². The first-order valence-electron chi connectivity index (χ1n) is 5.94. The Kier molecular flexibility index (Phi) is 6.01. The molecule has 0 saturated heterocycles. The summed E-state index contributed by atoms with van der Waals surface area (Å²) in [5.41, 5.74) is 6.82. The molecule has 0 fully saturated rings. The number of aliphatic carboxylic acids is 1. The molecule has 1 aromatic rings. The lowest BCUT2D eigenvalue weighted by Crippen LogP contribution is -2.36. The normalized spacial score (nSPS) is 12.2. The molecule has 1 rings (SSSR count). The van der Waals surface area contributed by atoms with E-state index < -0.39 is 5.97 Å². The molecule has 0 aromatic heterocycles. The summed E-state index contributed by atoms with van der Waals surface area (Å²) in [5, 5.41) is 8.66. The van der Waals surface area contributed by atoms with Crippen molar-refractivity contribution in [3.8, 4) is 0 Å². The van der Waals surface area contributed by atoms with Gasteiger partial charge in [0.2, 0.25) is 0 Å². The molecule has 0 aliphatic rings. The fourth-order valence-corrected chi connectivity index (χ4v) is 2.37. The predicted octanol–water partition coefficient (Wildman–Crippen LogP) is 2.04. The zero-order chi connectivity index (χ0) is 13.5. The fourth-order valence-electron chi connectivity index (χ4n) is 1.71. The van der Waals surface area contributed by atoms with Crippen LogP contribution in [0.4, 0.5) is 5.69 Å². The van der Waals surface area contributed by atoms with Gasteiger partial charge in [0.25, 0.3) is 0 Å². The molecule has 18 heavy (non-hydrogen) atoms. The van der Waals surface area contributed by atoms with Crippen molar-refractivity contribution in [2.24, 2.45) is 5.73 Å². The Morgan fingerprint density at radius 2 is 2.06 bits per heavy atom. The zero-order valence-electron chi connectivity index (χ0n) is 10.8. The Morgan fingerprint density at radius 3 is 2.56 bits per heavy atom. The summed E-state index contributed by atoms with van der Waals surface area (Å²) in [6, 6.07) is 7.86. The van der Waals surface area contributed by atoms with Crippen molar-refractivity contribution < 1.29 is 9.90 Å². The molecule has 100 valence electrons. The van der Waals surface area contributed by atoms with Gasteiger partial charge in [-0.05, 0) is 30.0 Å². The highest BCUT2D eigenvalue weighted by atomic mass is 32.2. The summed E-state index contributed by atoms with van der Waals surface area (Å²) in [5.74, 6) is 0.198. The van der Waals surface area contributed by atoms with Crippen molar-refractivity contribution in [1.29, 1.82) is 0 Å². The van der Waals surface area contributed by atoms with Gasteiger partial charge in [0, 0.05) is 30.2 Å². The summed E-state index contributed by atoms with van der Waals surface area (Å²) in [7, 11) is 1.92. The quantitative estimate of drug-likeness (QED) is 0.741. The lowest BCUT2D eigenvalue weighted by atomic mass is 10.2. The van der Waals surface area contributed by atoms with Crippen LogP contribution in [0.2, 0.25) is 0 Å². The number of thioether (sulfide) groups is 1. The summed E-state index contributed by atoms with van der Waals surface area (Å²) in [6.45, 7) is 2.65. The number of nitrogens with zero attached hydrogens (tertiary/aromatic N) is 1. The number of nitrogens with two attached hydrogens (primary N) is 1. The van der Waals surface area contributed by atoms with Crippen LogP contribution in [0.3, 0.4) is 0 Å². The molecular weight excluding hydrogens is 248 g/mol. The van der Waals surface area contributed by atoms with Crippen LogP contribution in [-0.2, 0) is 4.79 Å². The SMILES string of the molecule is CCSc1ccc(N(C)CC(N)CC(=O)O)cc1. The monoisotopic (exact) mass is 268 g/mol. The summed E-state index contributed by atoms with van der Waals surface area (Å²) in [4.78, 5) is 13.8. The van der Waals surface area contributed by atoms with E-state index >= 15 is 0 Å². The van der Waals surface area contributed by atoms with Gasteiger partial charge in [-0.25, -0.2) is 0 Å². The number of carbonyl (C=O) groups is 1. The first-order chi connectivity index (χ1) is 8.52. The van der Waals surface area contributed by atoms with E-state index in [0.29, 0.717) is 6.54 Å². The first kappa shape index (κ1) is 14.9. The number of rotatable bonds is 7. The Balaban J connectivity index is 2.55. The molecule has 0 radical (unpaired) electrons. The number of hydrogen-bond donors (Lipinski definition) is 2. The van der Waals surface area contributed by atoms with E-state index in [0.717, 1.165) is 11.4 Å². The van der Waals surface area contributed by atoms with Crippen LogP contribution in [0.5, 0.6) is 0 Å². The van der Waals surface area contributed by atoms with Crippen LogP contribution in [-0.4, -0.2) is 36.5 Å². The van der Waals surface area contributed by atoms with Crippen LogP contribution < -0.4 is 10.6 Å². The minimum atomic E-state index is -0.856. The Hall–Kier alpha value is -1.20. The molecular formula is C13H20N2O2S. The van der Waals surface area contributed by atoms with Gasteiger partial charge in [-0.1, -0.05) is 6.92 Å². The molecule has 0 aliphatic heterocycles. The maximum absolute atomic E-state index is 10.5. The van der Waals surface area contributed by atoms with Crippen LogP contribution in [0.25, 0.3) is 0 Å². The maximum Gasteiger partial charge on any atom is 0.304 e. The zero-order valence-corrected chi connectivity index (χ0v) is 11.6. The average molecular weight is 268 g/mol. The van der Waals surface area contributed by atoms with Crippen molar-refractivity contribution in [2.45, 2.75) is 24.3 Å². The second-order valence-corrected chi connectivity index (χ2v) is 5.50. The van der Waals surface area contributed by atoms with E-state index in [9.17, 15) is 4.79 Å². The Labute approximate surface area is 112 Å². The van der Waals surface area contributed by atoms with E-state index in [1.54, 1.807) is 11.8 Å². The largest absolute Gasteiger partial charge is 0.481 e. The predicted molar refractivity (Wildman–Crippen MR) is 76.3 cm³/mol. The maximum atomic E-state index is 10.5. The molecule has 3 N–H and O–H groups in total. The van der Waals surface area contributed by atoms with E-state index in [1.165, 1.54) is 4.90 Å². The van der Waals surface area contributed by atoms with Gasteiger partial charge in [-0.3, -0.25) is 4.79 Å². The third-order valence-electron chi connectivity index (χ3n) is 2.53.